The predicted molar refractivity (Wildman–Crippen MR) is 66.9 cm³/mol. The van der Waals surface area contributed by atoms with Crippen LogP contribution >= 0.6 is 11.3 Å². The highest BCUT2D eigenvalue weighted by molar-refractivity contribution is 7.12. The lowest BCUT2D eigenvalue weighted by atomic mass is 10.5. The van der Waals surface area contributed by atoms with Gasteiger partial charge in [-0.2, -0.15) is 0 Å². The quantitative estimate of drug-likeness (QED) is 0.787. The molecule has 5 heteroatoms. The highest BCUT2D eigenvalue weighted by atomic mass is 32.1. The van der Waals surface area contributed by atoms with Crippen LogP contribution in [0.3, 0.4) is 0 Å². The largest absolute Gasteiger partial charge is 0.461 e. The van der Waals surface area contributed by atoms with Gasteiger partial charge in [-0.05, 0) is 32.9 Å². The molecular weight excluding hydrogens is 236 g/mol. The molecule has 0 unspecified atom stereocenters. The number of thiazole rings is 1. The van der Waals surface area contributed by atoms with E-state index in [-0.39, 0.29) is 5.97 Å². The minimum Gasteiger partial charge on any atom is -0.461 e. The molecule has 2 heterocycles. The van der Waals surface area contributed by atoms with Crippen LogP contribution in [-0.4, -0.2) is 22.1 Å². The average Bonchev–Trinajstić information content (AvgIpc) is 2.86. The van der Waals surface area contributed by atoms with Crippen LogP contribution in [-0.2, 0) is 4.74 Å². The topological polar surface area (TPSA) is 44.1 Å². The summed E-state index contributed by atoms with van der Waals surface area (Å²) in [4.78, 5) is 15.8. The highest BCUT2D eigenvalue weighted by Gasteiger charge is 2.14. The van der Waals surface area contributed by atoms with Gasteiger partial charge in [0.2, 0.25) is 0 Å². The summed E-state index contributed by atoms with van der Waals surface area (Å²) in [6, 6.07) is 4.06. The minimum atomic E-state index is -0.363. The molecular formula is C12H14N2O2S. The number of rotatable bonds is 3. The number of carbonyl (C=O) groups is 1. The molecule has 17 heavy (non-hydrogen) atoms. The summed E-state index contributed by atoms with van der Waals surface area (Å²) in [7, 11) is 0. The Morgan fingerprint density at radius 3 is 2.65 bits per heavy atom. The second kappa shape index (κ2) is 4.71. The molecule has 2 aromatic rings. The zero-order valence-corrected chi connectivity index (χ0v) is 10.9. The van der Waals surface area contributed by atoms with E-state index in [4.69, 9.17) is 4.74 Å². The van der Waals surface area contributed by atoms with E-state index in [1.54, 1.807) is 12.3 Å². The van der Waals surface area contributed by atoms with Crippen molar-refractivity contribution in [1.29, 1.82) is 0 Å². The van der Waals surface area contributed by atoms with E-state index in [1.165, 1.54) is 11.3 Å². The molecule has 2 rings (SSSR count). The van der Waals surface area contributed by atoms with Crippen molar-refractivity contribution in [3.8, 4) is 5.13 Å². The fraction of sp³-hybridized carbons (Fsp3) is 0.333. The van der Waals surface area contributed by atoms with Gasteiger partial charge in [0.05, 0.1) is 6.61 Å². The van der Waals surface area contributed by atoms with Crippen LogP contribution < -0.4 is 0 Å². The van der Waals surface area contributed by atoms with Gasteiger partial charge in [-0.1, -0.05) is 0 Å². The lowest BCUT2D eigenvalue weighted by molar-refractivity contribution is 0.0520. The summed E-state index contributed by atoms with van der Waals surface area (Å²) >= 11 is 1.44. The zero-order chi connectivity index (χ0) is 12.4. The Labute approximate surface area is 104 Å². The molecule has 0 radical (unpaired) electrons. The van der Waals surface area contributed by atoms with Gasteiger partial charge < -0.3 is 4.74 Å². The van der Waals surface area contributed by atoms with Crippen molar-refractivity contribution in [3.63, 3.8) is 0 Å². The SMILES string of the molecule is CCOC(=O)c1csc(-n2c(C)ccc2C)n1. The number of carbonyl (C=O) groups excluding carboxylic acids is 1. The van der Waals surface area contributed by atoms with Gasteiger partial charge >= 0.3 is 5.97 Å². The molecule has 0 saturated carbocycles. The van der Waals surface area contributed by atoms with Crippen LogP contribution in [0.1, 0.15) is 28.8 Å². The number of hydrogen-bond acceptors (Lipinski definition) is 4. The summed E-state index contributed by atoms with van der Waals surface area (Å²) in [5.41, 5.74) is 2.58. The van der Waals surface area contributed by atoms with E-state index in [2.05, 4.69) is 4.98 Å². The average molecular weight is 250 g/mol. The normalized spacial score (nSPS) is 10.5. The standard InChI is InChI=1S/C12H14N2O2S/c1-4-16-11(15)10-7-17-12(13-10)14-8(2)5-6-9(14)3/h5-7H,4H2,1-3H3. The molecule has 0 fully saturated rings. The summed E-state index contributed by atoms with van der Waals surface area (Å²) in [6.45, 7) is 6.18. The van der Waals surface area contributed by atoms with Gasteiger partial charge in [0.1, 0.15) is 0 Å². The second-order valence-corrected chi connectivity index (χ2v) is 4.52. The van der Waals surface area contributed by atoms with Crippen molar-refractivity contribution in [2.45, 2.75) is 20.8 Å². The summed E-state index contributed by atoms with van der Waals surface area (Å²) in [5.74, 6) is -0.363. The van der Waals surface area contributed by atoms with Crippen LogP contribution in [0.4, 0.5) is 0 Å². The first-order chi connectivity index (χ1) is 8.13. The molecule has 0 N–H and O–H groups in total. The molecule has 0 saturated heterocycles. The van der Waals surface area contributed by atoms with Gasteiger partial charge in [0.25, 0.3) is 0 Å². The van der Waals surface area contributed by atoms with Crippen molar-refractivity contribution in [2.24, 2.45) is 0 Å². The molecule has 4 nitrogen and oxygen atoms in total. The molecule has 90 valence electrons. The third-order valence-corrected chi connectivity index (χ3v) is 3.26. The third kappa shape index (κ3) is 2.24. The smallest absolute Gasteiger partial charge is 0.357 e. The van der Waals surface area contributed by atoms with Crippen molar-refractivity contribution in [2.75, 3.05) is 6.61 Å². The van der Waals surface area contributed by atoms with Crippen LogP contribution in [0, 0.1) is 13.8 Å². The Kier molecular flexibility index (Phi) is 3.28. The van der Waals surface area contributed by atoms with E-state index in [9.17, 15) is 4.79 Å². The number of nitrogens with zero attached hydrogens (tertiary/aromatic N) is 2. The van der Waals surface area contributed by atoms with E-state index >= 15 is 0 Å². The van der Waals surface area contributed by atoms with Crippen LogP contribution in [0.2, 0.25) is 0 Å². The van der Waals surface area contributed by atoms with E-state index in [1.807, 2.05) is 30.5 Å². The zero-order valence-electron chi connectivity index (χ0n) is 10.1. The van der Waals surface area contributed by atoms with Crippen LogP contribution in [0.5, 0.6) is 0 Å². The fourth-order valence-electron chi connectivity index (χ4n) is 1.64. The molecule has 0 aliphatic heterocycles. The van der Waals surface area contributed by atoms with Gasteiger partial charge in [-0.15, -0.1) is 11.3 Å². The Morgan fingerprint density at radius 1 is 1.41 bits per heavy atom. The Hall–Kier alpha value is -1.62. The lowest BCUT2D eigenvalue weighted by Crippen LogP contribution is -2.06. The highest BCUT2D eigenvalue weighted by Crippen LogP contribution is 2.20. The number of hydrogen-bond donors (Lipinski definition) is 0. The summed E-state index contributed by atoms with van der Waals surface area (Å²) < 4.78 is 6.94. The molecule has 0 spiro atoms. The Morgan fingerprint density at radius 2 is 2.06 bits per heavy atom. The monoisotopic (exact) mass is 250 g/mol. The first-order valence-electron chi connectivity index (χ1n) is 5.41. The van der Waals surface area contributed by atoms with E-state index in [0.29, 0.717) is 12.3 Å². The maximum atomic E-state index is 11.5. The molecule has 0 atom stereocenters. The molecule has 0 aliphatic carbocycles. The first kappa shape index (κ1) is 11.9. The number of ether oxygens (including phenoxy) is 1. The second-order valence-electron chi connectivity index (χ2n) is 3.69. The number of aromatic nitrogens is 2. The minimum absolute atomic E-state index is 0.363. The van der Waals surface area contributed by atoms with Gasteiger partial charge in [-0.3, -0.25) is 4.57 Å². The first-order valence-corrected chi connectivity index (χ1v) is 6.29. The fourth-order valence-corrected chi connectivity index (χ4v) is 2.55. The Bertz CT molecular complexity index is 523. The van der Waals surface area contributed by atoms with Crippen LogP contribution in [0.25, 0.3) is 5.13 Å². The Balaban J connectivity index is 2.33. The summed E-state index contributed by atoms with van der Waals surface area (Å²) in [5, 5.41) is 2.53. The molecule has 0 aromatic carbocycles. The molecule has 0 bridgehead atoms. The van der Waals surface area contributed by atoms with Gasteiger partial charge in [-0.25, -0.2) is 9.78 Å². The molecule has 0 aliphatic rings. The van der Waals surface area contributed by atoms with Crippen molar-refractivity contribution in [3.05, 3.63) is 34.6 Å². The summed E-state index contributed by atoms with van der Waals surface area (Å²) in [6.07, 6.45) is 0. The lowest BCUT2D eigenvalue weighted by Gasteiger charge is -2.03. The maximum absolute atomic E-state index is 11.5. The predicted octanol–water partition coefficient (Wildman–Crippen LogP) is 2.73. The van der Waals surface area contributed by atoms with Crippen molar-refractivity contribution >= 4 is 17.3 Å². The molecule has 2 aromatic heterocycles. The number of esters is 1. The van der Waals surface area contributed by atoms with Crippen molar-refractivity contribution in [1.82, 2.24) is 9.55 Å². The van der Waals surface area contributed by atoms with E-state index in [0.717, 1.165) is 16.5 Å². The van der Waals surface area contributed by atoms with Crippen molar-refractivity contribution < 1.29 is 9.53 Å². The van der Waals surface area contributed by atoms with E-state index < -0.39 is 0 Å². The van der Waals surface area contributed by atoms with Gasteiger partial charge in [0, 0.05) is 16.8 Å². The van der Waals surface area contributed by atoms with Gasteiger partial charge in [0.15, 0.2) is 10.8 Å². The third-order valence-electron chi connectivity index (χ3n) is 2.44. The van der Waals surface area contributed by atoms with Crippen LogP contribution in [0.15, 0.2) is 17.5 Å². The number of aryl methyl sites for hydroxylation is 2. The maximum Gasteiger partial charge on any atom is 0.357 e. The molecule has 0 amide bonds.